The third kappa shape index (κ3) is 4.44. The van der Waals surface area contributed by atoms with E-state index in [1.165, 1.54) is 22.3 Å². The lowest BCUT2D eigenvalue weighted by Gasteiger charge is -2.46. The summed E-state index contributed by atoms with van der Waals surface area (Å²) in [4.78, 5) is 13.0. The van der Waals surface area contributed by atoms with Crippen molar-refractivity contribution in [3.63, 3.8) is 0 Å². The fourth-order valence-corrected chi connectivity index (χ4v) is 7.23. The minimum Gasteiger partial charge on any atom is -0.491 e. The zero-order valence-electron chi connectivity index (χ0n) is 19.3. The van der Waals surface area contributed by atoms with Crippen molar-refractivity contribution in [2.45, 2.75) is 73.4 Å². The smallest absolute Gasteiger partial charge is 0.226 e. The summed E-state index contributed by atoms with van der Waals surface area (Å²) in [7, 11) is 0. The largest absolute Gasteiger partial charge is 0.491 e. The monoisotopic (exact) mass is 657 g/mol. The molecular formula is C27H33I2NO2. The average Bonchev–Trinajstić information content (AvgIpc) is 3.01. The normalized spacial score (nSPS) is 29.7. The topological polar surface area (TPSA) is 38.3 Å². The predicted octanol–water partition coefficient (Wildman–Crippen LogP) is 7.15. The first-order valence-electron chi connectivity index (χ1n) is 11.6. The second kappa shape index (κ2) is 9.80. The van der Waals surface area contributed by atoms with Crippen LogP contribution in [0.1, 0.15) is 74.6 Å². The Kier molecular flexibility index (Phi) is 7.45. The van der Waals surface area contributed by atoms with Crippen molar-refractivity contribution in [3.8, 4) is 5.75 Å². The first-order valence-corrected chi connectivity index (χ1v) is 14.6. The SMILES string of the molecule is CC(C)Oc1ccc([C@@H]2CC[C@@]3(C)C(=O)N[C@H](C)[C@H]3[C@H]2c2ccc(CI)cc2)c(CI)c1. The second-order valence-corrected chi connectivity index (χ2v) is 11.4. The predicted molar refractivity (Wildman–Crippen MR) is 148 cm³/mol. The highest BCUT2D eigenvalue weighted by Gasteiger charge is 2.57. The number of ether oxygens (including phenoxy) is 1. The molecule has 172 valence electrons. The number of alkyl halides is 2. The molecule has 1 N–H and O–H groups in total. The minimum atomic E-state index is -0.298. The number of amides is 1. The number of hydrogen-bond acceptors (Lipinski definition) is 2. The van der Waals surface area contributed by atoms with Crippen LogP contribution in [0.2, 0.25) is 0 Å². The van der Waals surface area contributed by atoms with Gasteiger partial charge in [0.25, 0.3) is 0 Å². The van der Waals surface area contributed by atoms with E-state index in [9.17, 15) is 4.79 Å². The van der Waals surface area contributed by atoms with Gasteiger partial charge in [-0.3, -0.25) is 4.79 Å². The average molecular weight is 657 g/mol. The van der Waals surface area contributed by atoms with Gasteiger partial charge in [0, 0.05) is 20.8 Å². The second-order valence-electron chi connectivity index (χ2n) is 9.91. The lowest BCUT2D eigenvalue weighted by molar-refractivity contribution is -0.129. The summed E-state index contributed by atoms with van der Waals surface area (Å²) in [5.74, 6) is 2.17. The van der Waals surface area contributed by atoms with Gasteiger partial charge in [0.1, 0.15) is 5.75 Å². The number of rotatable bonds is 6. The number of halogens is 2. The fourth-order valence-electron chi connectivity index (χ4n) is 6.06. The quantitative estimate of drug-likeness (QED) is 0.265. The minimum absolute atomic E-state index is 0.166. The molecule has 2 aliphatic rings. The molecule has 0 bridgehead atoms. The van der Waals surface area contributed by atoms with Gasteiger partial charge in [0.15, 0.2) is 0 Å². The molecule has 1 saturated heterocycles. The van der Waals surface area contributed by atoms with Gasteiger partial charge in [-0.2, -0.15) is 0 Å². The highest BCUT2D eigenvalue weighted by molar-refractivity contribution is 14.1. The zero-order chi connectivity index (χ0) is 23.0. The van der Waals surface area contributed by atoms with E-state index in [2.05, 4.69) is 121 Å². The molecule has 4 rings (SSSR count). The molecule has 0 unspecified atom stereocenters. The van der Waals surface area contributed by atoms with Crippen LogP contribution in [0.4, 0.5) is 0 Å². The van der Waals surface area contributed by atoms with E-state index in [-0.39, 0.29) is 29.4 Å². The van der Waals surface area contributed by atoms with Crippen LogP contribution in [0, 0.1) is 11.3 Å². The molecule has 2 aromatic rings. The Morgan fingerprint density at radius 3 is 2.47 bits per heavy atom. The van der Waals surface area contributed by atoms with Gasteiger partial charge in [0.2, 0.25) is 5.91 Å². The number of fused-ring (bicyclic) bond motifs is 1. The van der Waals surface area contributed by atoms with E-state index in [1.54, 1.807) is 0 Å². The zero-order valence-corrected chi connectivity index (χ0v) is 23.6. The summed E-state index contributed by atoms with van der Waals surface area (Å²) in [6, 6.07) is 16.0. The molecule has 5 heteroatoms. The molecule has 1 saturated carbocycles. The number of benzene rings is 2. The molecular weight excluding hydrogens is 624 g/mol. The highest BCUT2D eigenvalue weighted by Crippen LogP contribution is 2.59. The maximum Gasteiger partial charge on any atom is 0.226 e. The molecule has 32 heavy (non-hydrogen) atoms. The highest BCUT2D eigenvalue weighted by atomic mass is 127. The van der Waals surface area contributed by atoms with Gasteiger partial charge < -0.3 is 10.1 Å². The lowest BCUT2D eigenvalue weighted by atomic mass is 9.55. The Bertz CT molecular complexity index is 974. The third-order valence-corrected chi connectivity index (χ3v) is 9.20. The van der Waals surface area contributed by atoms with E-state index in [1.807, 2.05) is 0 Å². The number of hydrogen-bond donors (Lipinski definition) is 1. The van der Waals surface area contributed by atoms with Crippen LogP contribution in [0.3, 0.4) is 0 Å². The fraction of sp³-hybridized carbons (Fsp3) is 0.519. The van der Waals surface area contributed by atoms with Gasteiger partial charge in [-0.1, -0.05) is 82.4 Å². The molecule has 1 aliphatic heterocycles. The lowest BCUT2D eigenvalue weighted by Crippen LogP contribution is -2.42. The molecule has 2 aromatic carbocycles. The number of carbonyl (C=O) groups is 1. The van der Waals surface area contributed by atoms with E-state index >= 15 is 0 Å². The number of carbonyl (C=O) groups excluding carboxylic acids is 1. The van der Waals surface area contributed by atoms with Crippen molar-refractivity contribution >= 4 is 51.1 Å². The van der Waals surface area contributed by atoms with Crippen LogP contribution < -0.4 is 10.1 Å². The van der Waals surface area contributed by atoms with Crippen molar-refractivity contribution in [2.75, 3.05) is 0 Å². The number of nitrogens with one attached hydrogen (secondary N) is 1. The van der Waals surface area contributed by atoms with Crippen molar-refractivity contribution in [3.05, 3.63) is 64.7 Å². The summed E-state index contributed by atoms with van der Waals surface area (Å²) in [5, 5.41) is 3.29. The Labute approximate surface area is 219 Å². The van der Waals surface area contributed by atoms with Crippen LogP contribution >= 0.6 is 45.2 Å². The summed E-state index contributed by atoms with van der Waals surface area (Å²) >= 11 is 4.89. The maximum absolute atomic E-state index is 13.0. The summed E-state index contributed by atoms with van der Waals surface area (Å²) < 4.78 is 7.96. The molecule has 1 heterocycles. The summed E-state index contributed by atoms with van der Waals surface area (Å²) in [6.45, 7) is 8.53. The van der Waals surface area contributed by atoms with E-state index in [4.69, 9.17) is 4.74 Å². The Morgan fingerprint density at radius 1 is 1.12 bits per heavy atom. The molecule has 5 atom stereocenters. The van der Waals surface area contributed by atoms with E-state index in [0.29, 0.717) is 11.8 Å². The van der Waals surface area contributed by atoms with Crippen LogP contribution in [-0.2, 0) is 13.6 Å². The van der Waals surface area contributed by atoms with Crippen LogP contribution in [0.25, 0.3) is 0 Å². The Morgan fingerprint density at radius 2 is 1.84 bits per heavy atom. The van der Waals surface area contributed by atoms with Gasteiger partial charge in [-0.05, 0) is 79.8 Å². The van der Waals surface area contributed by atoms with Gasteiger partial charge in [-0.25, -0.2) is 0 Å². The van der Waals surface area contributed by atoms with E-state index < -0.39 is 0 Å². The van der Waals surface area contributed by atoms with Crippen molar-refractivity contribution < 1.29 is 9.53 Å². The van der Waals surface area contributed by atoms with Gasteiger partial charge >= 0.3 is 0 Å². The standard InChI is InChI=1S/C27H33I2NO2/c1-16(2)32-21-9-10-22(20(13-21)15-29)23-11-12-27(4)25(17(3)30-26(27)31)24(23)19-7-5-18(14-28)6-8-19/h5-10,13,16-17,23-25H,11-12,14-15H2,1-4H3,(H,30,31)/t17-,23+,24+,25+,27-/m1/s1. The Hall–Kier alpha value is -0.830. The van der Waals surface area contributed by atoms with Crippen LogP contribution in [0.5, 0.6) is 5.75 Å². The molecule has 0 radical (unpaired) electrons. The van der Waals surface area contributed by atoms with Gasteiger partial charge in [0.05, 0.1) is 11.5 Å². The van der Waals surface area contributed by atoms with Crippen molar-refractivity contribution in [1.29, 1.82) is 0 Å². The van der Waals surface area contributed by atoms with Crippen molar-refractivity contribution in [1.82, 2.24) is 5.32 Å². The maximum atomic E-state index is 13.0. The van der Waals surface area contributed by atoms with Gasteiger partial charge in [-0.15, -0.1) is 0 Å². The third-order valence-electron chi connectivity index (χ3n) is 7.50. The molecule has 0 spiro atoms. The molecule has 1 amide bonds. The summed E-state index contributed by atoms with van der Waals surface area (Å²) in [5.41, 5.74) is 5.20. The van der Waals surface area contributed by atoms with Crippen LogP contribution in [0.15, 0.2) is 42.5 Å². The molecule has 2 fully saturated rings. The Balaban J connectivity index is 1.80. The van der Waals surface area contributed by atoms with Crippen molar-refractivity contribution in [2.24, 2.45) is 11.3 Å². The van der Waals surface area contributed by atoms with E-state index in [0.717, 1.165) is 27.4 Å². The van der Waals surface area contributed by atoms with Crippen LogP contribution in [-0.4, -0.2) is 18.1 Å². The molecule has 0 aromatic heterocycles. The molecule has 3 nitrogen and oxygen atoms in total. The first kappa shape index (κ1) is 24.3. The first-order chi connectivity index (χ1) is 15.3. The summed E-state index contributed by atoms with van der Waals surface area (Å²) in [6.07, 6.45) is 2.13. The molecule has 1 aliphatic carbocycles.